The summed E-state index contributed by atoms with van der Waals surface area (Å²) in [4.78, 5) is 13.9. The summed E-state index contributed by atoms with van der Waals surface area (Å²) < 4.78 is 0. The molecule has 0 aliphatic carbocycles. The molecule has 1 amide bonds. The largest absolute Gasteiger partial charge is 0.506 e. The first-order valence-electron chi connectivity index (χ1n) is 6.93. The molecule has 19 heavy (non-hydrogen) atoms. The Bertz CT molecular complexity index is 419. The van der Waals surface area contributed by atoms with Crippen LogP contribution in [0.5, 0.6) is 5.75 Å². The summed E-state index contributed by atoms with van der Waals surface area (Å²) in [5.41, 5.74) is 6.98. The maximum atomic E-state index is 12.1. The molecule has 1 aromatic carbocycles. The molecule has 0 heterocycles. The topological polar surface area (TPSA) is 66.6 Å². The van der Waals surface area contributed by atoms with Gasteiger partial charge < -0.3 is 15.7 Å². The van der Waals surface area contributed by atoms with Crippen LogP contribution in [0, 0.1) is 0 Å². The number of carbonyl (C=O) groups excluding carboxylic acids is 1. The van der Waals surface area contributed by atoms with Gasteiger partial charge in [0.15, 0.2) is 0 Å². The number of amides is 1. The van der Waals surface area contributed by atoms with Crippen LogP contribution in [0.15, 0.2) is 18.2 Å². The van der Waals surface area contributed by atoms with Gasteiger partial charge in [-0.3, -0.25) is 4.79 Å². The van der Waals surface area contributed by atoms with Crippen LogP contribution in [0.1, 0.15) is 38.7 Å². The monoisotopic (exact) mass is 264 g/mol. The van der Waals surface area contributed by atoms with Gasteiger partial charge in [0.05, 0.1) is 5.69 Å². The number of carbonyl (C=O) groups is 1. The normalized spacial score (nSPS) is 10.4. The van der Waals surface area contributed by atoms with Crippen molar-refractivity contribution in [1.82, 2.24) is 4.90 Å². The van der Waals surface area contributed by atoms with Gasteiger partial charge in [-0.2, -0.15) is 0 Å². The van der Waals surface area contributed by atoms with Crippen LogP contribution >= 0.6 is 0 Å². The Labute approximate surface area is 115 Å². The van der Waals surface area contributed by atoms with E-state index in [1.54, 1.807) is 18.2 Å². The van der Waals surface area contributed by atoms with Crippen molar-refractivity contribution in [2.75, 3.05) is 18.8 Å². The first-order valence-corrected chi connectivity index (χ1v) is 6.93. The van der Waals surface area contributed by atoms with Gasteiger partial charge in [-0.15, -0.1) is 0 Å². The number of nitrogens with zero attached hydrogens (tertiary/aromatic N) is 1. The second-order valence-electron chi connectivity index (χ2n) is 4.72. The molecule has 0 bridgehead atoms. The lowest BCUT2D eigenvalue weighted by molar-refractivity contribution is -0.131. The zero-order valence-electron chi connectivity index (χ0n) is 11.9. The number of phenolic OH excluding ortho intramolecular Hbond substituents is 1. The quantitative estimate of drug-likeness (QED) is 0.587. The Kier molecular flexibility index (Phi) is 6.19. The fraction of sp³-hybridized carbons (Fsp3) is 0.533. The second kappa shape index (κ2) is 7.67. The highest BCUT2D eigenvalue weighted by Gasteiger charge is 2.11. The Morgan fingerprint density at radius 1 is 1.37 bits per heavy atom. The minimum atomic E-state index is 0.0909. The van der Waals surface area contributed by atoms with Gasteiger partial charge >= 0.3 is 0 Å². The van der Waals surface area contributed by atoms with Crippen molar-refractivity contribution in [3.8, 4) is 5.75 Å². The highest BCUT2D eigenvalue weighted by molar-refractivity contribution is 5.76. The Morgan fingerprint density at radius 2 is 2.11 bits per heavy atom. The zero-order valence-corrected chi connectivity index (χ0v) is 11.9. The maximum Gasteiger partial charge on any atom is 0.222 e. The highest BCUT2D eigenvalue weighted by atomic mass is 16.3. The summed E-state index contributed by atoms with van der Waals surface area (Å²) >= 11 is 0. The van der Waals surface area contributed by atoms with Crippen LogP contribution < -0.4 is 5.73 Å². The Balaban J connectivity index is 2.50. The lowest BCUT2D eigenvalue weighted by atomic mass is 10.1. The molecule has 106 valence electrons. The van der Waals surface area contributed by atoms with E-state index in [0.717, 1.165) is 31.5 Å². The molecule has 0 saturated heterocycles. The number of phenols is 1. The standard InChI is InChI=1S/C15H24N2O2/c1-3-5-10-17(4-2)15(19)9-7-12-6-8-14(18)13(16)11-12/h6,8,11,18H,3-5,7,9-10,16H2,1-2H3. The zero-order chi connectivity index (χ0) is 14.3. The van der Waals surface area contributed by atoms with Gasteiger partial charge in [0, 0.05) is 19.5 Å². The predicted molar refractivity (Wildman–Crippen MR) is 78.0 cm³/mol. The van der Waals surface area contributed by atoms with E-state index in [-0.39, 0.29) is 11.7 Å². The van der Waals surface area contributed by atoms with Crippen molar-refractivity contribution in [3.63, 3.8) is 0 Å². The van der Waals surface area contributed by atoms with Gasteiger partial charge in [0.2, 0.25) is 5.91 Å². The fourth-order valence-corrected chi connectivity index (χ4v) is 1.98. The lowest BCUT2D eigenvalue weighted by Gasteiger charge is -2.20. The average Bonchev–Trinajstić information content (AvgIpc) is 2.41. The average molecular weight is 264 g/mol. The van der Waals surface area contributed by atoms with E-state index in [1.807, 2.05) is 11.8 Å². The Hall–Kier alpha value is -1.71. The van der Waals surface area contributed by atoms with Crippen LogP contribution in [-0.2, 0) is 11.2 Å². The third kappa shape index (κ3) is 4.81. The van der Waals surface area contributed by atoms with Crippen molar-refractivity contribution >= 4 is 11.6 Å². The molecular formula is C15H24N2O2. The fourth-order valence-electron chi connectivity index (χ4n) is 1.98. The van der Waals surface area contributed by atoms with Crippen molar-refractivity contribution in [3.05, 3.63) is 23.8 Å². The Morgan fingerprint density at radius 3 is 2.68 bits per heavy atom. The summed E-state index contributed by atoms with van der Waals surface area (Å²) in [5, 5.41) is 9.34. The maximum absolute atomic E-state index is 12.1. The van der Waals surface area contributed by atoms with Gasteiger partial charge in [-0.1, -0.05) is 19.4 Å². The van der Waals surface area contributed by atoms with Crippen molar-refractivity contribution < 1.29 is 9.90 Å². The third-order valence-corrected chi connectivity index (χ3v) is 3.24. The molecule has 1 rings (SSSR count). The third-order valence-electron chi connectivity index (χ3n) is 3.24. The number of anilines is 1. The van der Waals surface area contributed by atoms with Crippen LogP contribution in [0.2, 0.25) is 0 Å². The van der Waals surface area contributed by atoms with E-state index >= 15 is 0 Å². The molecule has 0 spiro atoms. The number of hydrogen-bond donors (Lipinski definition) is 2. The molecular weight excluding hydrogens is 240 g/mol. The molecule has 0 aliphatic heterocycles. The smallest absolute Gasteiger partial charge is 0.222 e. The first-order chi connectivity index (χ1) is 9.08. The number of aryl methyl sites for hydroxylation is 1. The number of unbranched alkanes of at least 4 members (excludes halogenated alkanes) is 1. The molecule has 3 N–H and O–H groups in total. The molecule has 1 aromatic rings. The number of rotatable bonds is 7. The summed E-state index contributed by atoms with van der Waals surface area (Å²) in [6.07, 6.45) is 3.29. The number of hydrogen-bond acceptors (Lipinski definition) is 3. The van der Waals surface area contributed by atoms with E-state index in [9.17, 15) is 9.90 Å². The van der Waals surface area contributed by atoms with E-state index < -0.39 is 0 Å². The lowest BCUT2D eigenvalue weighted by Crippen LogP contribution is -2.31. The van der Waals surface area contributed by atoms with E-state index in [4.69, 9.17) is 5.73 Å². The summed E-state index contributed by atoms with van der Waals surface area (Å²) in [6, 6.07) is 5.11. The molecule has 0 radical (unpaired) electrons. The van der Waals surface area contributed by atoms with E-state index in [1.165, 1.54) is 0 Å². The van der Waals surface area contributed by atoms with Crippen molar-refractivity contribution in [2.24, 2.45) is 0 Å². The number of nitrogens with two attached hydrogens (primary N) is 1. The van der Waals surface area contributed by atoms with Crippen LogP contribution in [0.25, 0.3) is 0 Å². The highest BCUT2D eigenvalue weighted by Crippen LogP contribution is 2.21. The molecule has 0 aliphatic rings. The number of aromatic hydroxyl groups is 1. The molecule has 0 unspecified atom stereocenters. The molecule has 0 saturated carbocycles. The van der Waals surface area contributed by atoms with Crippen LogP contribution in [-0.4, -0.2) is 29.0 Å². The number of nitrogen functional groups attached to an aromatic ring is 1. The molecule has 0 atom stereocenters. The summed E-state index contributed by atoms with van der Waals surface area (Å²) in [7, 11) is 0. The van der Waals surface area contributed by atoms with Gasteiger partial charge in [-0.25, -0.2) is 0 Å². The summed E-state index contributed by atoms with van der Waals surface area (Å²) in [6.45, 7) is 5.73. The minimum Gasteiger partial charge on any atom is -0.506 e. The van der Waals surface area contributed by atoms with E-state index in [2.05, 4.69) is 6.92 Å². The molecule has 0 fully saturated rings. The molecule has 4 heteroatoms. The first kappa shape index (κ1) is 15.3. The predicted octanol–water partition coefficient (Wildman–Crippen LogP) is 2.56. The van der Waals surface area contributed by atoms with Crippen molar-refractivity contribution in [2.45, 2.75) is 39.5 Å². The molecule has 0 aromatic heterocycles. The number of benzene rings is 1. The van der Waals surface area contributed by atoms with E-state index in [0.29, 0.717) is 18.5 Å². The van der Waals surface area contributed by atoms with Gasteiger partial charge in [-0.05, 0) is 37.5 Å². The van der Waals surface area contributed by atoms with Crippen LogP contribution in [0.3, 0.4) is 0 Å². The van der Waals surface area contributed by atoms with Gasteiger partial charge in [0.25, 0.3) is 0 Å². The second-order valence-corrected chi connectivity index (χ2v) is 4.72. The van der Waals surface area contributed by atoms with Crippen LogP contribution in [0.4, 0.5) is 5.69 Å². The van der Waals surface area contributed by atoms with Gasteiger partial charge in [0.1, 0.15) is 5.75 Å². The van der Waals surface area contributed by atoms with Crippen molar-refractivity contribution in [1.29, 1.82) is 0 Å². The molecule has 4 nitrogen and oxygen atoms in total. The minimum absolute atomic E-state index is 0.0909. The SMILES string of the molecule is CCCCN(CC)C(=O)CCc1ccc(O)c(N)c1. The summed E-state index contributed by atoms with van der Waals surface area (Å²) in [5.74, 6) is 0.274.